The van der Waals surface area contributed by atoms with E-state index in [1.54, 1.807) is 37.1 Å². The van der Waals surface area contributed by atoms with Crippen LogP contribution in [0.4, 0.5) is 0 Å². The third-order valence-corrected chi connectivity index (χ3v) is 4.67. The van der Waals surface area contributed by atoms with E-state index in [2.05, 4.69) is 15.1 Å². The van der Waals surface area contributed by atoms with E-state index >= 15 is 0 Å². The average molecular weight is 387 g/mol. The molecule has 0 bridgehead atoms. The molecule has 0 saturated heterocycles. The molecule has 5 rings (SSSR count). The lowest BCUT2D eigenvalue weighted by molar-refractivity contribution is 0.298. The fraction of sp³-hybridized carbons (Fsp3) is 0.0952. The highest BCUT2D eigenvalue weighted by Crippen LogP contribution is 2.24. The Balaban J connectivity index is 1.47. The molecular weight excluding hydrogens is 370 g/mol. The lowest BCUT2D eigenvalue weighted by Gasteiger charge is -2.09. The van der Waals surface area contributed by atoms with Gasteiger partial charge in [0.25, 0.3) is 0 Å². The third-order valence-electron chi connectivity index (χ3n) is 4.67. The summed E-state index contributed by atoms with van der Waals surface area (Å²) in [6.07, 6.45) is 9.00. The van der Waals surface area contributed by atoms with Gasteiger partial charge in [0.05, 0.1) is 24.6 Å². The smallest absolute Gasteiger partial charge is 0.155 e. The summed E-state index contributed by atoms with van der Waals surface area (Å²) in [4.78, 5) is 8.43. The van der Waals surface area contributed by atoms with Gasteiger partial charge in [-0.2, -0.15) is 0 Å². The molecule has 8 heteroatoms. The second kappa shape index (κ2) is 7.16. The van der Waals surface area contributed by atoms with Gasteiger partial charge in [-0.05, 0) is 36.4 Å². The molecular formula is C21H17N5O3. The van der Waals surface area contributed by atoms with Crippen LogP contribution in [0.2, 0.25) is 0 Å². The van der Waals surface area contributed by atoms with Gasteiger partial charge in [-0.3, -0.25) is 0 Å². The molecule has 0 fully saturated rings. The van der Waals surface area contributed by atoms with Gasteiger partial charge in [0.2, 0.25) is 0 Å². The van der Waals surface area contributed by atoms with E-state index in [-0.39, 0.29) is 0 Å². The largest absolute Gasteiger partial charge is 0.492 e. The predicted octanol–water partition coefficient (Wildman–Crippen LogP) is 3.31. The molecule has 1 aromatic carbocycles. The highest BCUT2D eigenvalue weighted by molar-refractivity contribution is 5.80. The molecule has 0 aliphatic carbocycles. The van der Waals surface area contributed by atoms with Gasteiger partial charge in [-0.1, -0.05) is 5.16 Å². The molecule has 1 N–H and O–H groups in total. The number of ether oxygens (including phenoxy) is 1. The first-order chi connectivity index (χ1) is 14.3. The highest BCUT2D eigenvalue weighted by Gasteiger charge is 2.10. The zero-order chi connectivity index (χ0) is 19.6. The van der Waals surface area contributed by atoms with Crippen LogP contribution in [0.3, 0.4) is 0 Å². The lowest BCUT2D eigenvalue weighted by atomic mass is 10.2. The Kier molecular flexibility index (Phi) is 4.21. The number of imidazole rings is 1. The van der Waals surface area contributed by atoms with Crippen molar-refractivity contribution >= 4 is 16.5 Å². The van der Waals surface area contributed by atoms with E-state index in [1.807, 2.05) is 45.6 Å². The molecule has 0 unspecified atom stereocenters. The lowest BCUT2D eigenvalue weighted by Crippen LogP contribution is -2.08. The second-order valence-electron chi connectivity index (χ2n) is 6.52. The molecule has 5 aromatic rings. The van der Waals surface area contributed by atoms with Crippen molar-refractivity contribution in [2.75, 3.05) is 6.61 Å². The Labute approximate surface area is 164 Å². The molecule has 4 heterocycles. The Morgan fingerprint density at radius 2 is 2.07 bits per heavy atom. The molecule has 8 nitrogen and oxygen atoms in total. The van der Waals surface area contributed by atoms with Gasteiger partial charge < -0.3 is 23.3 Å². The van der Waals surface area contributed by atoms with Crippen molar-refractivity contribution in [1.82, 2.24) is 18.9 Å². The van der Waals surface area contributed by atoms with Gasteiger partial charge in [0.15, 0.2) is 5.76 Å². The second-order valence-corrected chi connectivity index (χ2v) is 6.52. The van der Waals surface area contributed by atoms with Crippen LogP contribution in [-0.2, 0) is 6.54 Å². The summed E-state index contributed by atoms with van der Waals surface area (Å²) in [6.45, 7) is 1.18. The third kappa shape index (κ3) is 3.31. The standard InChI is InChI=1S/C21H17N5O3/c27-24-18-12-21(19-10-15-2-1-6-26(15)14-23-19)29-20-4-3-16(11-17(18)20)28-9-8-25-7-5-22-13-25/h1-7,10-14,27H,8-9H2/b24-18+. The molecule has 0 saturated carbocycles. The minimum absolute atomic E-state index is 0.387. The number of hydrogen-bond donors (Lipinski definition) is 1. The maximum Gasteiger partial charge on any atom is 0.155 e. The summed E-state index contributed by atoms with van der Waals surface area (Å²) in [5.74, 6) is 1.18. The van der Waals surface area contributed by atoms with Crippen LogP contribution in [0.15, 0.2) is 83.3 Å². The molecule has 0 amide bonds. The fourth-order valence-corrected chi connectivity index (χ4v) is 3.21. The summed E-state index contributed by atoms with van der Waals surface area (Å²) in [5, 5.41) is 14.0. The fourth-order valence-electron chi connectivity index (χ4n) is 3.21. The normalized spacial score (nSPS) is 12.1. The number of fused-ring (bicyclic) bond motifs is 2. The first-order valence-electron chi connectivity index (χ1n) is 9.08. The number of nitrogens with zero attached hydrogens (tertiary/aromatic N) is 5. The first kappa shape index (κ1) is 17.1. The Morgan fingerprint density at radius 1 is 1.10 bits per heavy atom. The van der Waals surface area contributed by atoms with Gasteiger partial charge in [0.1, 0.15) is 29.0 Å². The quantitative estimate of drug-likeness (QED) is 0.369. The summed E-state index contributed by atoms with van der Waals surface area (Å²) < 4.78 is 15.7. The van der Waals surface area contributed by atoms with Crippen molar-refractivity contribution in [1.29, 1.82) is 0 Å². The van der Waals surface area contributed by atoms with Crippen molar-refractivity contribution in [2.45, 2.75) is 6.54 Å². The van der Waals surface area contributed by atoms with E-state index in [9.17, 15) is 5.21 Å². The minimum Gasteiger partial charge on any atom is -0.492 e. The molecule has 0 aliphatic rings. The van der Waals surface area contributed by atoms with E-state index < -0.39 is 0 Å². The molecule has 0 aliphatic heterocycles. The van der Waals surface area contributed by atoms with Crippen LogP contribution in [0.25, 0.3) is 27.9 Å². The van der Waals surface area contributed by atoms with Crippen LogP contribution >= 0.6 is 0 Å². The zero-order valence-electron chi connectivity index (χ0n) is 15.3. The highest BCUT2D eigenvalue weighted by atomic mass is 16.5. The van der Waals surface area contributed by atoms with Gasteiger partial charge in [-0.15, -0.1) is 0 Å². The molecule has 29 heavy (non-hydrogen) atoms. The van der Waals surface area contributed by atoms with Crippen molar-refractivity contribution in [3.8, 4) is 17.2 Å². The van der Waals surface area contributed by atoms with E-state index in [0.29, 0.717) is 46.7 Å². The van der Waals surface area contributed by atoms with Gasteiger partial charge >= 0.3 is 0 Å². The van der Waals surface area contributed by atoms with Crippen LogP contribution in [0, 0.1) is 0 Å². The summed E-state index contributed by atoms with van der Waals surface area (Å²) >= 11 is 0. The van der Waals surface area contributed by atoms with E-state index in [0.717, 1.165) is 5.52 Å². The first-order valence-corrected chi connectivity index (χ1v) is 9.08. The number of aromatic nitrogens is 4. The Hall–Kier alpha value is -4.07. The molecule has 0 atom stereocenters. The molecule has 0 spiro atoms. The van der Waals surface area contributed by atoms with Crippen LogP contribution in [0.5, 0.6) is 5.75 Å². The van der Waals surface area contributed by atoms with Crippen molar-refractivity contribution in [3.05, 3.63) is 79.1 Å². The molecule has 0 radical (unpaired) electrons. The maximum absolute atomic E-state index is 9.55. The monoisotopic (exact) mass is 387 g/mol. The van der Waals surface area contributed by atoms with Crippen LogP contribution in [0.1, 0.15) is 0 Å². The van der Waals surface area contributed by atoms with Crippen molar-refractivity contribution < 1.29 is 14.4 Å². The Bertz CT molecular complexity index is 1350. The number of rotatable bonds is 5. The summed E-state index contributed by atoms with van der Waals surface area (Å²) in [5.41, 5.74) is 2.23. The summed E-state index contributed by atoms with van der Waals surface area (Å²) in [6, 6.07) is 12.9. The average Bonchev–Trinajstić information content (AvgIpc) is 3.44. The number of benzene rings is 1. The van der Waals surface area contributed by atoms with Gasteiger partial charge in [-0.25, -0.2) is 9.97 Å². The van der Waals surface area contributed by atoms with E-state index in [1.165, 1.54) is 0 Å². The summed E-state index contributed by atoms with van der Waals surface area (Å²) in [7, 11) is 0. The molecule has 4 aromatic heterocycles. The van der Waals surface area contributed by atoms with Crippen molar-refractivity contribution in [2.24, 2.45) is 5.16 Å². The van der Waals surface area contributed by atoms with Gasteiger partial charge in [0, 0.05) is 30.2 Å². The van der Waals surface area contributed by atoms with E-state index in [4.69, 9.17) is 9.15 Å². The van der Waals surface area contributed by atoms with Crippen molar-refractivity contribution in [3.63, 3.8) is 0 Å². The maximum atomic E-state index is 9.55. The molecule has 144 valence electrons. The topological polar surface area (TPSA) is 90.1 Å². The number of hydrogen-bond acceptors (Lipinski definition) is 6. The SMILES string of the molecule is O/N=c1\cc(-c2cc3cccn3cn2)oc2ccc(OCCn3ccnc3)cc12. The van der Waals surface area contributed by atoms with Crippen LogP contribution < -0.4 is 10.1 Å². The van der Waals surface area contributed by atoms with Crippen LogP contribution in [-0.4, -0.2) is 30.7 Å². The zero-order valence-corrected chi connectivity index (χ0v) is 15.3. The minimum atomic E-state index is 0.387. The Morgan fingerprint density at radius 3 is 2.93 bits per heavy atom. The predicted molar refractivity (Wildman–Crippen MR) is 105 cm³/mol.